The molecule has 0 aromatic rings. The number of amides is 2. The van der Waals surface area contributed by atoms with Gasteiger partial charge in [0.05, 0.1) is 0 Å². The molecular formula is C10H19ClN2O2. The number of rotatable bonds is 6. The summed E-state index contributed by atoms with van der Waals surface area (Å²) in [6, 6.07) is 0. The smallest absolute Gasteiger partial charge is 0.311 e. The maximum Gasteiger partial charge on any atom is 0.311 e. The van der Waals surface area contributed by atoms with Crippen LogP contribution in [0.2, 0.25) is 0 Å². The molecule has 0 aromatic heterocycles. The van der Waals surface area contributed by atoms with E-state index in [1.54, 1.807) is 4.90 Å². The van der Waals surface area contributed by atoms with Gasteiger partial charge in [0.25, 0.3) is 0 Å². The molecule has 0 bridgehead atoms. The molecule has 0 aliphatic rings. The van der Waals surface area contributed by atoms with E-state index in [1.165, 1.54) is 0 Å². The van der Waals surface area contributed by atoms with Crippen LogP contribution in [0.3, 0.4) is 0 Å². The number of halogens is 1. The molecule has 1 N–H and O–H groups in total. The molecule has 0 aromatic carbocycles. The third-order valence-electron chi connectivity index (χ3n) is 1.85. The van der Waals surface area contributed by atoms with Gasteiger partial charge in [0, 0.05) is 25.5 Å². The van der Waals surface area contributed by atoms with Gasteiger partial charge in [0.1, 0.15) is 0 Å². The van der Waals surface area contributed by atoms with Crippen molar-refractivity contribution < 1.29 is 9.59 Å². The van der Waals surface area contributed by atoms with Crippen molar-refractivity contribution in [2.75, 3.05) is 25.5 Å². The Hall–Kier alpha value is -0.770. The molecule has 0 aliphatic heterocycles. The van der Waals surface area contributed by atoms with Gasteiger partial charge in [-0.1, -0.05) is 13.8 Å². The summed E-state index contributed by atoms with van der Waals surface area (Å²) < 4.78 is 0. The van der Waals surface area contributed by atoms with Gasteiger partial charge in [0.2, 0.25) is 0 Å². The molecule has 0 atom stereocenters. The van der Waals surface area contributed by atoms with Crippen LogP contribution in [0.4, 0.5) is 0 Å². The Morgan fingerprint density at radius 2 is 1.73 bits per heavy atom. The number of nitrogens with zero attached hydrogens (tertiary/aromatic N) is 1. The lowest BCUT2D eigenvalue weighted by Crippen LogP contribution is -2.44. The van der Waals surface area contributed by atoms with E-state index in [0.29, 0.717) is 25.5 Å². The zero-order valence-electron chi connectivity index (χ0n) is 9.38. The molecule has 0 spiro atoms. The molecule has 0 saturated heterocycles. The van der Waals surface area contributed by atoms with Crippen molar-refractivity contribution in [2.24, 2.45) is 0 Å². The molecule has 0 fully saturated rings. The Morgan fingerprint density at radius 1 is 1.20 bits per heavy atom. The zero-order chi connectivity index (χ0) is 11.7. The van der Waals surface area contributed by atoms with Gasteiger partial charge in [-0.25, -0.2) is 0 Å². The van der Waals surface area contributed by atoms with Crippen LogP contribution in [0.25, 0.3) is 0 Å². The standard InChI is InChI=1S/C10H19ClN2O2/c1-3-7-13(8-4-2)10(15)9(14)12-6-5-11/h3-8H2,1-2H3,(H,12,14). The minimum absolute atomic E-state index is 0.320. The van der Waals surface area contributed by atoms with Crippen LogP contribution >= 0.6 is 11.6 Å². The lowest BCUT2D eigenvalue weighted by molar-refractivity contribution is -0.145. The maximum absolute atomic E-state index is 11.6. The molecule has 0 saturated carbocycles. The van der Waals surface area contributed by atoms with Gasteiger partial charge in [-0.15, -0.1) is 11.6 Å². The number of carbonyl (C=O) groups excluding carboxylic acids is 2. The predicted octanol–water partition coefficient (Wildman–Crippen LogP) is 0.990. The number of carbonyl (C=O) groups is 2. The summed E-state index contributed by atoms with van der Waals surface area (Å²) >= 11 is 5.41. The average Bonchev–Trinajstić information content (AvgIpc) is 2.24. The fraction of sp³-hybridized carbons (Fsp3) is 0.800. The number of nitrogens with one attached hydrogen (secondary N) is 1. The maximum atomic E-state index is 11.6. The van der Waals surface area contributed by atoms with Crippen molar-refractivity contribution in [1.82, 2.24) is 10.2 Å². The van der Waals surface area contributed by atoms with Crippen molar-refractivity contribution in [1.29, 1.82) is 0 Å². The van der Waals surface area contributed by atoms with Crippen molar-refractivity contribution in [3.8, 4) is 0 Å². The molecule has 2 amide bonds. The van der Waals surface area contributed by atoms with Gasteiger partial charge >= 0.3 is 11.8 Å². The molecule has 0 unspecified atom stereocenters. The van der Waals surface area contributed by atoms with Crippen LogP contribution in [-0.2, 0) is 9.59 Å². The first-order chi connectivity index (χ1) is 7.17. The summed E-state index contributed by atoms with van der Waals surface area (Å²) in [6.45, 7) is 5.54. The molecule has 0 heterocycles. The normalized spacial score (nSPS) is 9.80. The molecule has 4 nitrogen and oxygen atoms in total. The predicted molar refractivity (Wildman–Crippen MR) is 60.9 cm³/mol. The molecular weight excluding hydrogens is 216 g/mol. The van der Waals surface area contributed by atoms with Gasteiger partial charge in [-0.2, -0.15) is 0 Å². The molecule has 0 rings (SSSR count). The monoisotopic (exact) mass is 234 g/mol. The number of hydrogen-bond acceptors (Lipinski definition) is 2. The number of hydrogen-bond donors (Lipinski definition) is 1. The molecule has 0 aliphatic carbocycles. The van der Waals surface area contributed by atoms with Crippen molar-refractivity contribution in [3.05, 3.63) is 0 Å². The summed E-state index contributed by atoms with van der Waals surface area (Å²) in [6.07, 6.45) is 1.71. The second-order valence-electron chi connectivity index (χ2n) is 3.24. The Balaban J connectivity index is 4.15. The van der Waals surface area contributed by atoms with Gasteiger partial charge in [-0.05, 0) is 12.8 Å². The van der Waals surface area contributed by atoms with E-state index in [1.807, 2.05) is 13.8 Å². The summed E-state index contributed by atoms with van der Waals surface area (Å²) in [7, 11) is 0. The molecule has 88 valence electrons. The molecule has 5 heteroatoms. The van der Waals surface area contributed by atoms with Gasteiger partial charge in [0.15, 0.2) is 0 Å². The lowest BCUT2D eigenvalue weighted by Gasteiger charge is -2.20. The van der Waals surface area contributed by atoms with Crippen molar-refractivity contribution >= 4 is 23.4 Å². The first kappa shape index (κ1) is 14.2. The minimum atomic E-state index is -0.558. The summed E-state index contributed by atoms with van der Waals surface area (Å²) in [5.74, 6) is -0.693. The van der Waals surface area contributed by atoms with Gasteiger partial charge in [-0.3, -0.25) is 9.59 Å². The molecule has 0 radical (unpaired) electrons. The minimum Gasteiger partial charge on any atom is -0.347 e. The summed E-state index contributed by atoms with van der Waals surface area (Å²) in [5, 5.41) is 2.47. The first-order valence-electron chi connectivity index (χ1n) is 5.30. The summed E-state index contributed by atoms with van der Waals surface area (Å²) in [4.78, 5) is 24.5. The van der Waals surface area contributed by atoms with E-state index in [4.69, 9.17) is 11.6 Å². The van der Waals surface area contributed by atoms with Crippen LogP contribution in [-0.4, -0.2) is 42.2 Å². The highest BCUT2D eigenvalue weighted by atomic mass is 35.5. The van der Waals surface area contributed by atoms with Crippen LogP contribution in [0, 0.1) is 0 Å². The lowest BCUT2D eigenvalue weighted by atomic mass is 10.3. The fourth-order valence-corrected chi connectivity index (χ4v) is 1.33. The van der Waals surface area contributed by atoms with E-state index in [-0.39, 0.29) is 0 Å². The molecule has 15 heavy (non-hydrogen) atoms. The fourth-order valence-electron chi connectivity index (χ4n) is 1.23. The van der Waals surface area contributed by atoms with E-state index < -0.39 is 11.8 Å². The second-order valence-corrected chi connectivity index (χ2v) is 3.62. The quantitative estimate of drug-likeness (QED) is 0.551. The third kappa shape index (κ3) is 5.62. The summed E-state index contributed by atoms with van der Waals surface area (Å²) in [5.41, 5.74) is 0. The van der Waals surface area contributed by atoms with E-state index in [0.717, 1.165) is 12.8 Å². The first-order valence-corrected chi connectivity index (χ1v) is 5.83. The Labute approximate surface area is 96.0 Å². The van der Waals surface area contributed by atoms with Crippen molar-refractivity contribution in [2.45, 2.75) is 26.7 Å². The van der Waals surface area contributed by atoms with Crippen LogP contribution in [0.5, 0.6) is 0 Å². The highest BCUT2D eigenvalue weighted by Gasteiger charge is 2.19. The van der Waals surface area contributed by atoms with Crippen molar-refractivity contribution in [3.63, 3.8) is 0 Å². The largest absolute Gasteiger partial charge is 0.347 e. The highest BCUT2D eigenvalue weighted by molar-refractivity contribution is 6.35. The Kier molecular flexibility index (Phi) is 8.09. The third-order valence-corrected chi connectivity index (χ3v) is 2.04. The SMILES string of the molecule is CCCN(CCC)C(=O)C(=O)NCCCl. The average molecular weight is 235 g/mol. The topological polar surface area (TPSA) is 49.4 Å². The zero-order valence-corrected chi connectivity index (χ0v) is 10.1. The second kappa shape index (κ2) is 8.53. The number of alkyl halides is 1. The van der Waals surface area contributed by atoms with E-state index in [2.05, 4.69) is 5.32 Å². The van der Waals surface area contributed by atoms with Crippen LogP contribution < -0.4 is 5.32 Å². The van der Waals surface area contributed by atoms with Gasteiger partial charge < -0.3 is 10.2 Å². The van der Waals surface area contributed by atoms with E-state index >= 15 is 0 Å². The Morgan fingerprint density at radius 3 is 2.13 bits per heavy atom. The van der Waals surface area contributed by atoms with Crippen LogP contribution in [0.15, 0.2) is 0 Å². The Bertz CT molecular complexity index is 204. The highest BCUT2D eigenvalue weighted by Crippen LogP contribution is 1.95. The van der Waals surface area contributed by atoms with E-state index in [9.17, 15) is 9.59 Å². The van der Waals surface area contributed by atoms with Crippen LogP contribution in [0.1, 0.15) is 26.7 Å².